The minimum absolute atomic E-state index is 0.417. The van der Waals surface area contributed by atoms with Crippen molar-refractivity contribution in [2.75, 3.05) is 14.2 Å². The minimum Gasteiger partial charge on any atom is -0.493 e. The van der Waals surface area contributed by atoms with Crippen molar-refractivity contribution in [3.8, 4) is 11.5 Å². The number of ether oxygens (including phenoxy) is 2. The van der Waals surface area contributed by atoms with Crippen LogP contribution in [0.1, 0.15) is 76.4 Å². The zero-order valence-electron chi connectivity index (χ0n) is 14.4. The predicted molar refractivity (Wildman–Crippen MR) is 91.7 cm³/mol. The fraction of sp³-hybridized carbons (Fsp3) is 0.684. The number of methoxy groups -OCH3 is 2. The van der Waals surface area contributed by atoms with Gasteiger partial charge in [-0.1, -0.05) is 64.4 Å². The molecule has 0 aliphatic carbocycles. The molecule has 22 heavy (non-hydrogen) atoms. The van der Waals surface area contributed by atoms with Gasteiger partial charge in [0, 0.05) is 0 Å². The van der Waals surface area contributed by atoms with E-state index in [2.05, 4.69) is 6.92 Å². The molecule has 1 unspecified atom stereocenters. The summed E-state index contributed by atoms with van der Waals surface area (Å²) in [7, 11) is 3.24. The number of benzene rings is 1. The minimum atomic E-state index is -0.417. The molecule has 0 aliphatic rings. The monoisotopic (exact) mass is 308 g/mol. The molecular formula is C19H32O3. The third-order valence-corrected chi connectivity index (χ3v) is 4.12. The first kappa shape index (κ1) is 18.8. The van der Waals surface area contributed by atoms with Gasteiger partial charge in [0.2, 0.25) is 0 Å². The van der Waals surface area contributed by atoms with Gasteiger partial charge >= 0.3 is 0 Å². The number of aliphatic hydroxyl groups is 1. The molecule has 1 aromatic rings. The first-order chi connectivity index (χ1) is 10.7. The van der Waals surface area contributed by atoms with Gasteiger partial charge in [-0.15, -0.1) is 0 Å². The Kier molecular flexibility index (Phi) is 9.72. The average molecular weight is 308 g/mol. The van der Waals surface area contributed by atoms with Gasteiger partial charge in [-0.3, -0.25) is 0 Å². The third kappa shape index (κ3) is 6.69. The van der Waals surface area contributed by atoms with Crippen LogP contribution >= 0.6 is 0 Å². The number of rotatable bonds is 12. The Hall–Kier alpha value is -1.22. The Labute approximate surface area is 135 Å². The Morgan fingerprint density at radius 2 is 1.45 bits per heavy atom. The number of hydrogen-bond acceptors (Lipinski definition) is 3. The van der Waals surface area contributed by atoms with Crippen molar-refractivity contribution in [2.45, 2.75) is 70.8 Å². The molecule has 0 amide bonds. The first-order valence-corrected chi connectivity index (χ1v) is 8.63. The quantitative estimate of drug-likeness (QED) is 0.535. The summed E-state index contributed by atoms with van der Waals surface area (Å²) in [5.41, 5.74) is 0.903. The van der Waals surface area contributed by atoms with E-state index in [0.717, 1.165) is 18.4 Å². The van der Waals surface area contributed by atoms with Crippen LogP contribution in [0.4, 0.5) is 0 Å². The zero-order chi connectivity index (χ0) is 16.2. The highest BCUT2D eigenvalue weighted by Crippen LogP contribution is 2.31. The molecule has 0 aliphatic heterocycles. The molecule has 0 heterocycles. The SMILES string of the molecule is CCCCCCCCCCC(O)c1ccc(OC)c(OC)c1. The van der Waals surface area contributed by atoms with Gasteiger partial charge in [-0.05, 0) is 24.1 Å². The number of hydrogen-bond donors (Lipinski definition) is 1. The van der Waals surface area contributed by atoms with Crippen molar-refractivity contribution in [1.29, 1.82) is 0 Å². The highest BCUT2D eigenvalue weighted by molar-refractivity contribution is 5.43. The van der Waals surface area contributed by atoms with Crippen molar-refractivity contribution in [3.63, 3.8) is 0 Å². The van der Waals surface area contributed by atoms with E-state index in [1.165, 1.54) is 44.9 Å². The molecule has 1 atom stereocenters. The Morgan fingerprint density at radius 3 is 2.05 bits per heavy atom. The molecule has 0 radical (unpaired) electrons. The maximum atomic E-state index is 10.3. The van der Waals surface area contributed by atoms with E-state index in [1.807, 2.05) is 18.2 Å². The fourth-order valence-corrected chi connectivity index (χ4v) is 2.70. The normalized spacial score (nSPS) is 12.2. The van der Waals surface area contributed by atoms with Gasteiger partial charge in [0.05, 0.1) is 20.3 Å². The molecule has 126 valence electrons. The zero-order valence-corrected chi connectivity index (χ0v) is 14.4. The van der Waals surface area contributed by atoms with Gasteiger partial charge in [0.1, 0.15) is 0 Å². The van der Waals surface area contributed by atoms with Crippen LogP contribution in [-0.4, -0.2) is 19.3 Å². The lowest BCUT2D eigenvalue weighted by Crippen LogP contribution is -1.99. The van der Waals surface area contributed by atoms with Gasteiger partial charge in [0.15, 0.2) is 11.5 Å². The second-order valence-corrected chi connectivity index (χ2v) is 5.89. The summed E-state index contributed by atoms with van der Waals surface area (Å²) in [5, 5.41) is 10.3. The number of aliphatic hydroxyl groups excluding tert-OH is 1. The Morgan fingerprint density at radius 1 is 0.864 bits per heavy atom. The molecule has 3 heteroatoms. The molecule has 0 spiro atoms. The molecule has 1 rings (SSSR count). The van der Waals surface area contributed by atoms with E-state index in [1.54, 1.807) is 14.2 Å². The lowest BCUT2D eigenvalue weighted by Gasteiger charge is -2.14. The van der Waals surface area contributed by atoms with E-state index in [9.17, 15) is 5.11 Å². The van der Waals surface area contributed by atoms with Crippen LogP contribution in [0, 0.1) is 0 Å². The Bertz CT molecular complexity index is 404. The average Bonchev–Trinajstić information content (AvgIpc) is 2.56. The van der Waals surface area contributed by atoms with Crippen LogP contribution in [-0.2, 0) is 0 Å². The van der Waals surface area contributed by atoms with Crippen molar-refractivity contribution in [1.82, 2.24) is 0 Å². The van der Waals surface area contributed by atoms with E-state index < -0.39 is 6.10 Å². The maximum Gasteiger partial charge on any atom is 0.161 e. The van der Waals surface area contributed by atoms with Gasteiger partial charge < -0.3 is 14.6 Å². The fourth-order valence-electron chi connectivity index (χ4n) is 2.70. The van der Waals surface area contributed by atoms with Crippen LogP contribution in [0.15, 0.2) is 18.2 Å². The molecule has 0 saturated heterocycles. The van der Waals surface area contributed by atoms with E-state index in [-0.39, 0.29) is 0 Å². The summed E-state index contributed by atoms with van der Waals surface area (Å²) in [6.45, 7) is 2.25. The maximum absolute atomic E-state index is 10.3. The third-order valence-electron chi connectivity index (χ3n) is 4.12. The standard InChI is InChI=1S/C19H32O3/c1-4-5-6-7-8-9-10-11-12-17(20)16-13-14-18(21-2)19(15-16)22-3/h13-15,17,20H,4-12H2,1-3H3. The van der Waals surface area contributed by atoms with Crippen molar-refractivity contribution in [3.05, 3.63) is 23.8 Å². The molecule has 0 fully saturated rings. The van der Waals surface area contributed by atoms with Gasteiger partial charge in [-0.25, -0.2) is 0 Å². The number of unbranched alkanes of at least 4 members (excludes halogenated alkanes) is 7. The lowest BCUT2D eigenvalue weighted by molar-refractivity contribution is 0.163. The van der Waals surface area contributed by atoms with E-state index in [4.69, 9.17) is 9.47 Å². The summed E-state index contributed by atoms with van der Waals surface area (Å²) >= 11 is 0. The smallest absolute Gasteiger partial charge is 0.161 e. The summed E-state index contributed by atoms with van der Waals surface area (Å²) in [6.07, 6.45) is 10.7. The van der Waals surface area contributed by atoms with Gasteiger partial charge in [0.25, 0.3) is 0 Å². The highest BCUT2D eigenvalue weighted by Gasteiger charge is 2.11. The highest BCUT2D eigenvalue weighted by atomic mass is 16.5. The summed E-state index contributed by atoms with van der Waals surface area (Å²) in [5.74, 6) is 1.38. The summed E-state index contributed by atoms with van der Waals surface area (Å²) in [4.78, 5) is 0. The van der Waals surface area contributed by atoms with Crippen LogP contribution in [0.3, 0.4) is 0 Å². The van der Waals surface area contributed by atoms with Crippen LogP contribution in [0.25, 0.3) is 0 Å². The van der Waals surface area contributed by atoms with Crippen LogP contribution < -0.4 is 9.47 Å². The van der Waals surface area contributed by atoms with Crippen molar-refractivity contribution >= 4 is 0 Å². The molecule has 1 N–H and O–H groups in total. The second kappa shape index (κ2) is 11.4. The summed E-state index contributed by atoms with van der Waals surface area (Å²) < 4.78 is 10.5. The predicted octanol–water partition coefficient (Wildman–Crippen LogP) is 5.27. The van der Waals surface area contributed by atoms with Crippen LogP contribution in [0.5, 0.6) is 11.5 Å². The van der Waals surface area contributed by atoms with Crippen LogP contribution in [0.2, 0.25) is 0 Å². The first-order valence-electron chi connectivity index (χ1n) is 8.63. The molecular weight excluding hydrogens is 276 g/mol. The molecule has 1 aromatic carbocycles. The molecule has 0 saturated carbocycles. The van der Waals surface area contributed by atoms with E-state index in [0.29, 0.717) is 11.5 Å². The molecule has 0 aromatic heterocycles. The topological polar surface area (TPSA) is 38.7 Å². The molecule has 0 bridgehead atoms. The van der Waals surface area contributed by atoms with Gasteiger partial charge in [-0.2, -0.15) is 0 Å². The second-order valence-electron chi connectivity index (χ2n) is 5.89. The summed E-state index contributed by atoms with van der Waals surface area (Å²) in [6, 6.07) is 5.64. The largest absolute Gasteiger partial charge is 0.493 e. The van der Waals surface area contributed by atoms with Crippen molar-refractivity contribution < 1.29 is 14.6 Å². The molecule has 3 nitrogen and oxygen atoms in total. The Balaban J connectivity index is 2.26. The lowest BCUT2D eigenvalue weighted by atomic mass is 10.0. The van der Waals surface area contributed by atoms with E-state index >= 15 is 0 Å². The van der Waals surface area contributed by atoms with Crippen molar-refractivity contribution in [2.24, 2.45) is 0 Å².